The summed E-state index contributed by atoms with van der Waals surface area (Å²) >= 11 is 0. The Morgan fingerprint density at radius 3 is 1.04 bits per heavy atom. The lowest BCUT2D eigenvalue weighted by molar-refractivity contribution is 0.598. The van der Waals surface area contributed by atoms with E-state index in [1.54, 1.807) is 0 Å². The predicted molar refractivity (Wildman–Crippen MR) is 451 cm³/mol. The summed E-state index contributed by atoms with van der Waals surface area (Å²) in [4.78, 5) is 9.93. The monoisotopic (exact) mass is 1360 g/mol. The van der Waals surface area contributed by atoms with E-state index in [1.807, 2.05) is 0 Å². The molecule has 0 spiro atoms. The summed E-state index contributed by atoms with van der Waals surface area (Å²) in [6.45, 7) is 9.82. The van der Waals surface area contributed by atoms with Gasteiger partial charge in [-0.15, -0.1) is 0 Å². The van der Waals surface area contributed by atoms with E-state index in [4.69, 9.17) is 0 Å². The molecule has 0 unspecified atom stereocenters. The van der Waals surface area contributed by atoms with Crippen LogP contribution in [0.1, 0.15) is 67.5 Å². The summed E-state index contributed by atoms with van der Waals surface area (Å²) in [5.74, 6) is 0. The zero-order valence-electron chi connectivity index (χ0n) is 59.8. The normalized spacial score (nSPS) is 13.7. The highest BCUT2D eigenvalue weighted by molar-refractivity contribution is 6.04. The minimum atomic E-state index is -0.421. The van der Waals surface area contributed by atoms with Crippen LogP contribution in [0.15, 0.2) is 358 Å². The molecule has 0 fully saturated rings. The summed E-state index contributed by atoms with van der Waals surface area (Å²) in [5.41, 5.74) is 27.9. The molecule has 0 atom stereocenters. The third-order valence-electron chi connectivity index (χ3n) is 23.1. The summed E-state index contributed by atoms with van der Waals surface area (Å²) in [5, 5.41) is 12.1. The van der Waals surface area contributed by atoms with Gasteiger partial charge in [-0.2, -0.15) is 0 Å². The second-order valence-electron chi connectivity index (χ2n) is 30.0. The van der Waals surface area contributed by atoms with Crippen LogP contribution < -0.4 is 19.6 Å². The van der Waals surface area contributed by atoms with Crippen molar-refractivity contribution in [2.75, 3.05) is 19.6 Å². The van der Waals surface area contributed by atoms with E-state index < -0.39 is 10.8 Å². The zero-order valence-corrected chi connectivity index (χ0v) is 59.8. The maximum Gasteiger partial charge on any atom is 0.0544 e. The Kier molecular flexibility index (Phi) is 14.7. The Morgan fingerprint density at radius 1 is 0.264 bits per heavy atom. The third-order valence-corrected chi connectivity index (χ3v) is 23.1. The lowest BCUT2D eigenvalue weighted by Crippen LogP contribution is -2.38. The highest BCUT2D eigenvalue weighted by Gasteiger charge is 2.46. The Bertz CT molecular complexity index is 6400. The van der Waals surface area contributed by atoms with Crippen LogP contribution in [-0.4, -0.2) is 0 Å². The Morgan fingerprint density at radius 2 is 0.604 bits per heavy atom. The lowest BCUT2D eigenvalue weighted by atomic mass is 9.65. The molecule has 0 saturated heterocycles. The molecule has 0 radical (unpaired) electrons. The van der Waals surface area contributed by atoms with Gasteiger partial charge in [-0.3, -0.25) is 0 Å². The molecule has 0 N–H and O–H groups in total. The third kappa shape index (κ3) is 10.4. The number of anilines is 12. The van der Waals surface area contributed by atoms with Gasteiger partial charge in [-0.25, -0.2) is 0 Å². The molecule has 0 amide bonds. The van der Waals surface area contributed by atoms with Crippen molar-refractivity contribution < 1.29 is 0 Å². The molecular weight excluding hydrogens is 1280 g/mol. The van der Waals surface area contributed by atoms with Crippen molar-refractivity contribution in [3.05, 3.63) is 391 Å². The molecule has 504 valence electrons. The molecule has 2 aliphatic heterocycles. The maximum absolute atomic E-state index is 2.62. The van der Waals surface area contributed by atoms with Crippen LogP contribution in [0.3, 0.4) is 0 Å². The first-order valence-electron chi connectivity index (χ1n) is 37.2. The van der Waals surface area contributed by atoms with Crippen LogP contribution >= 0.6 is 0 Å². The standard InChI is InChI=1S/C102H76N4/c1-101(2)91-63-79(70-38-49-82(50-39-70)103(85-55-44-67-20-5-8-26-76(67)60-85)95-35-17-29-73-23-11-14-32-88(73)95)47-58-98(91)106-99-59-48-80(71-40-51-83(52-41-71)104(86-56-45-68-21-6-9-27-77(68)61-86)96-36-18-30-74-24-12-15-33-89(74)96)64-92(99)102(3,4)94-66-81(65-93(101)100(94)106)72-42-53-84(54-43-72)105(87-57-46-69-22-7-10-28-78(69)62-87)97-37-19-31-75-25-13-16-34-90(75)97/h5-8,10-26,28-66H,9,27H2,1-4H3. The van der Waals surface area contributed by atoms with E-state index in [2.05, 4.69) is 411 Å². The molecular formula is C102H76N4. The maximum atomic E-state index is 2.62. The average Bonchev–Trinajstić information content (AvgIpc) is 0.684. The molecule has 17 aromatic carbocycles. The van der Waals surface area contributed by atoms with E-state index in [-0.39, 0.29) is 0 Å². The summed E-state index contributed by atoms with van der Waals surface area (Å²) in [6, 6.07) is 132. The minimum Gasteiger partial charge on any atom is -0.310 e. The van der Waals surface area contributed by atoms with Crippen LogP contribution in [0.25, 0.3) is 93.3 Å². The number of rotatable bonds is 12. The number of hydrogen-bond donors (Lipinski definition) is 0. The minimum absolute atomic E-state index is 0.419. The number of hydrogen-bond acceptors (Lipinski definition) is 4. The number of fused-ring (bicyclic) bond motifs is 10. The van der Waals surface area contributed by atoms with Crippen molar-refractivity contribution in [3.8, 4) is 33.4 Å². The van der Waals surface area contributed by atoms with E-state index in [0.717, 1.165) is 69.6 Å². The number of nitrogens with zero attached hydrogens (tertiary/aromatic N) is 4. The zero-order chi connectivity index (χ0) is 70.8. The quantitative estimate of drug-likeness (QED) is 0.121. The lowest BCUT2D eigenvalue weighted by Gasteiger charge is -2.50. The predicted octanol–water partition coefficient (Wildman–Crippen LogP) is 28.6. The molecule has 106 heavy (non-hydrogen) atoms. The van der Waals surface area contributed by atoms with E-state index >= 15 is 0 Å². The average molecular weight is 1360 g/mol. The Hall–Kier alpha value is -13.0. The SMILES string of the molecule is CC1(C)c2cc(-c3ccc(N(c4ccc5c(c4)CCC=C5)c4cccc5ccccc45)cc3)ccc2N2c3ccc(-c4ccc(N(c5ccc6ccccc6c5)c5cccc6ccccc56)cc4)cc3C(C)(C)c3cc(-c4ccc(N(c5ccc6ccccc6c5)c5cccc6ccccc56)cc4)cc1c32. The fourth-order valence-electron chi connectivity index (χ4n) is 17.6. The van der Waals surface area contributed by atoms with Crippen LogP contribution in [-0.2, 0) is 17.3 Å². The van der Waals surface area contributed by atoms with Crippen LogP contribution in [0.2, 0.25) is 0 Å². The van der Waals surface area contributed by atoms with Gasteiger partial charge in [-0.05, 0) is 245 Å². The van der Waals surface area contributed by atoms with Crippen LogP contribution in [0.4, 0.5) is 68.2 Å². The molecule has 4 heteroatoms. The first kappa shape index (κ1) is 62.7. The van der Waals surface area contributed by atoms with Crippen molar-refractivity contribution in [2.24, 2.45) is 0 Å². The number of benzene rings is 17. The van der Waals surface area contributed by atoms with Crippen molar-refractivity contribution in [2.45, 2.75) is 51.4 Å². The molecule has 4 nitrogen and oxygen atoms in total. The van der Waals surface area contributed by atoms with E-state index in [1.165, 1.54) is 132 Å². The largest absolute Gasteiger partial charge is 0.310 e. The van der Waals surface area contributed by atoms with Crippen molar-refractivity contribution >= 4 is 128 Å². The fraction of sp³-hybridized carbons (Fsp3) is 0.0784. The van der Waals surface area contributed by atoms with E-state index in [9.17, 15) is 0 Å². The van der Waals surface area contributed by atoms with Gasteiger partial charge < -0.3 is 19.6 Å². The summed E-state index contributed by atoms with van der Waals surface area (Å²) in [6.07, 6.45) is 6.66. The van der Waals surface area contributed by atoms with E-state index in [0.29, 0.717) is 0 Å². The molecule has 2 heterocycles. The van der Waals surface area contributed by atoms with Gasteiger partial charge in [-0.1, -0.05) is 264 Å². The molecule has 0 saturated carbocycles. The topological polar surface area (TPSA) is 13.0 Å². The molecule has 0 aromatic heterocycles. The molecule has 17 aromatic rings. The van der Waals surface area contributed by atoms with Crippen molar-refractivity contribution in [1.82, 2.24) is 0 Å². The van der Waals surface area contributed by atoms with Gasteiger partial charge >= 0.3 is 0 Å². The highest BCUT2D eigenvalue weighted by atomic mass is 15.2. The van der Waals surface area contributed by atoms with Gasteiger partial charge in [0.05, 0.1) is 34.1 Å². The highest BCUT2D eigenvalue weighted by Crippen LogP contribution is 2.62. The first-order chi connectivity index (χ1) is 52.0. The number of allylic oxidation sites excluding steroid dienone is 1. The van der Waals surface area contributed by atoms with Crippen molar-refractivity contribution in [3.63, 3.8) is 0 Å². The molecule has 3 aliphatic rings. The summed E-state index contributed by atoms with van der Waals surface area (Å²) in [7, 11) is 0. The first-order valence-corrected chi connectivity index (χ1v) is 37.2. The molecule has 0 bridgehead atoms. The second kappa shape index (κ2) is 24.9. The fourth-order valence-corrected chi connectivity index (χ4v) is 17.6. The summed E-state index contributed by atoms with van der Waals surface area (Å²) < 4.78 is 0. The van der Waals surface area contributed by atoms with Gasteiger partial charge in [0.2, 0.25) is 0 Å². The Balaban J connectivity index is 0.719. The van der Waals surface area contributed by atoms with Gasteiger partial charge in [0.1, 0.15) is 0 Å². The van der Waals surface area contributed by atoms with Gasteiger partial charge in [0.25, 0.3) is 0 Å². The molecule has 20 rings (SSSR count). The smallest absolute Gasteiger partial charge is 0.0544 e. The van der Waals surface area contributed by atoms with Crippen LogP contribution in [0.5, 0.6) is 0 Å². The Labute approximate surface area is 619 Å². The van der Waals surface area contributed by atoms with Gasteiger partial charge in [0.15, 0.2) is 0 Å². The van der Waals surface area contributed by atoms with Gasteiger partial charge in [0, 0.05) is 61.1 Å². The van der Waals surface area contributed by atoms with Crippen molar-refractivity contribution in [1.29, 1.82) is 0 Å². The second-order valence-corrected chi connectivity index (χ2v) is 30.0. The number of aryl methyl sites for hydroxylation is 1. The van der Waals surface area contributed by atoms with Crippen LogP contribution in [0, 0.1) is 0 Å². The molecule has 1 aliphatic carbocycles.